The maximum atomic E-state index is 13.0. The molecular formula is C23H30N4O2. The van der Waals surface area contributed by atoms with Gasteiger partial charge in [0.25, 0.3) is 5.91 Å². The number of hydrogen-bond acceptors (Lipinski definition) is 5. The summed E-state index contributed by atoms with van der Waals surface area (Å²) < 4.78 is 0. The molecule has 0 bridgehead atoms. The Labute approximate surface area is 172 Å². The second kappa shape index (κ2) is 8.49. The SMILES string of the molecule is CC(C)Cc1ccc(C(=O)N2C[C@H]3C[C@@H](Nc4cnccn4)[C@H](O)C[C@H]3C2)cc1. The highest BCUT2D eigenvalue weighted by atomic mass is 16.3. The van der Waals surface area contributed by atoms with Gasteiger partial charge in [0.2, 0.25) is 0 Å². The summed E-state index contributed by atoms with van der Waals surface area (Å²) in [6.07, 6.45) is 7.08. The molecule has 1 aromatic heterocycles. The predicted molar refractivity (Wildman–Crippen MR) is 113 cm³/mol. The third-order valence-electron chi connectivity index (χ3n) is 6.17. The molecule has 2 N–H and O–H groups in total. The molecule has 1 saturated heterocycles. The smallest absolute Gasteiger partial charge is 0.253 e. The Kier molecular flexibility index (Phi) is 5.81. The van der Waals surface area contributed by atoms with Crippen LogP contribution in [0.15, 0.2) is 42.9 Å². The van der Waals surface area contributed by atoms with Crippen LogP contribution in [-0.4, -0.2) is 51.1 Å². The Balaban J connectivity index is 1.38. The summed E-state index contributed by atoms with van der Waals surface area (Å²) in [5, 5.41) is 13.9. The molecule has 6 heteroatoms. The Bertz CT molecular complexity index is 825. The van der Waals surface area contributed by atoms with E-state index in [9.17, 15) is 9.90 Å². The largest absolute Gasteiger partial charge is 0.391 e. The van der Waals surface area contributed by atoms with Gasteiger partial charge in [-0.3, -0.25) is 9.78 Å². The van der Waals surface area contributed by atoms with Crippen molar-refractivity contribution in [2.45, 2.75) is 45.3 Å². The molecule has 2 fully saturated rings. The van der Waals surface area contributed by atoms with Crippen molar-refractivity contribution in [2.75, 3.05) is 18.4 Å². The molecule has 2 aromatic rings. The van der Waals surface area contributed by atoms with Crippen molar-refractivity contribution >= 4 is 11.7 Å². The average molecular weight is 395 g/mol. The van der Waals surface area contributed by atoms with Gasteiger partial charge in [0, 0.05) is 31.0 Å². The Hall–Kier alpha value is -2.47. The molecule has 4 atom stereocenters. The number of anilines is 1. The van der Waals surface area contributed by atoms with E-state index in [-0.39, 0.29) is 11.9 Å². The predicted octanol–water partition coefficient (Wildman–Crippen LogP) is 3.00. The molecule has 1 amide bonds. The zero-order valence-electron chi connectivity index (χ0n) is 17.2. The van der Waals surface area contributed by atoms with Crippen LogP contribution >= 0.6 is 0 Å². The number of aromatic nitrogens is 2. The number of benzene rings is 1. The molecule has 1 aliphatic carbocycles. The number of carbonyl (C=O) groups excluding carboxylic acids is 1. The van der Waals surface area contributed by atoms with Crippen LogP contribution in [0.2, 0.25) is 0 Å². The van der Waals surface area contributed by atoms with Crippen molar-refractivity contribution in [3.05, 3.63) is 54.0 Å². The van der Waals surface area contributed by atoms with Gasteiger partial charge in [-0.15, -0.1) is 0 Å². The molecule has 154 valence electrons. The maximum Gasteiger partial charge on any atom is 0.253 e. The number of nitrogens with zero attached hydrogens (tertiary/aromatic N) is 3. The van der Waals surface area contributed by atoms with Crippen molar-refractivity contribution in [1.82, 2.24) is 14.9 Å². The van der Waals surface area contributed by atoms with Crippen LogP contribution in [0.3, 0.4) is 0 Å². The van der Waals surface area contributed by atoms with E-state index >= 15 is 0 Å². The minimum atomic E-state index is -0.441. The molecule has 0 radical (unpaired) electrons. The lowest BCUT2D eigenvalue weighted by atomic mass is 9.77. The fraction of sp³-hybridized carbons (Fsp3) is 0.522. The number of likely N-dealkylation sites (tertiary alicyclic amines) is 1. The Morgan fingerprint density at radius 3 is 2.55 bits per heavy atom. The van der Waals surface area contributed by atoms with Crippen molar-refractivity contribution in [1.29, 1.82) is 0 Å². The second-order valence-electron chi connectivity index (χ2n) is 8.91. The summed E-state index contributed by atoms with van der Waals surface area (Å²) in [6, 6.07) is 7.99. The number of carbonyl (C=O) groups is 1. The van der Waals surface area contributed by atoms with Crippen LogP contribution in [0.1, 0.15) is 42.6 Å². The fourth-order valence-electron chi connectivity index (χ4n) is 4.75. The summed E-state index contributed by atoms with van der Waals surface area (Å²) in [6.45, 7) is 5.88. The van der Waals surface area contributed by atoms with Gasteiger partial charge in [0.05, 0.1) is 18.3 Å². The van der Waals surface area contributed by atoms with Gasteiger partial charge < -0.3 is 15.3 Å². The van der Waals surface area contributed by atoms with Crippen molar-refractivity contribution in [3.63, 3.8) is 0 Å². The van der Waals surface area contributed by atoms with Crippen molar-refractivity contribution < 1.29 is 9.90 Å². The van der Waals surface area contributed by atoms with Gasteiger partial charge in [0.15, 0.2) is 0 Å². The van der Waals surface area contributed by atoms with Gasteiger partial charge in [0.1, 0.15) is 5.82 Å². The highest BCUT2D eigenvalue weighted by Crippen LogP contribution is 2.38. The van der Waals surface area contributed by atoms with E-state index in [0.29, 0.717) is 30.0 Å². The van der Waals surface area contributed by atoms with E-state index in [0.717, 1.165) is 31.5 Å². The van der Waals surface area contributed by atoms with Crippen molar-refractivity contribution in [2.24, 2.45) is 17.8 Å². The third kappa shape index (κ3) is 4.58. The lowest BCUT2D eigenvalue weighted by Crippen LogP contribution is -2.43. The number of nitrogens with one attached hydrogen (secondary N) is 1. The first-order valence-electron chi connectivity index (χ1n) is 10.6. The van der Waals surface area contributed by atoms with E-state index < -0.39 is 6.10 Å². The molecule has 1 aromatic carbocycles. The molecule has 2 heterocycles. The zero-order valence-corrected chi connectivity index (χ0v) is 17.2. The van der Waals surface area contributed by atoms with Crippen LogP contribution in [-0.2, 0) is 6.42 Å². The van der Waals surface area contributed by atoms with Crippen LogP contribution in [0, 0.1) is 17.8 Å². The Morgan fingerprint density at radius 2 is 1.90 bits per heavy atom. The molecule has 6 nitrogen and oxygen atoms in total. The van der Waals surface area contributed by atoms with E-state index in [4.69, 9.17) is 0 Å². The third-order valence-corrected chi connectivity index (χ3v) is 6.17. The molecule has 1 saturated carbocycles. The standard InChI is InChI=1S/C23H30N4O2/c1-15(2)9-16-3-5-17(6-4-16)23(29)27-13-18-10-20(21(28)11-19(18)14-27)26-22-12-24-7-8-25-22/h3-8,12,15,18-21,28H,9-11,13-14H2,1-2H3,(H,25,26)/t18-,19+,20-,21-/m1/s1. The summed E-state index contributed by atoms with van der Waals surface area (Å²) >= 11 is 0. The van der Waals surface area contributed by atoms with Gasteiger partial charge in [-0.1, -0.05) is 26.0 Å². The lowest BCUT2D eigenvalue weighted by Gasteiger charge is -2.35. The molecule has 2 aliphatic rings. The van der Waals surface area contributed by atoms with E-state index in [1.807, 2.05) is 17.0 Å². The van der Waals surface area contributed by atoms with Gasteiger partial charge in [-0.25, -0.2) is 4.98 Å². The van der Waals surface area contributed by atoms with E-state index in [2.05, 4.69) is 41.3 Å². The van der Waals surface area contributed by atoms with Gasteiger partial charge in [-0.2, -0.15) is 0 Å². The van der Waals surface area contributed by atoms with Gasteiger partial charge in [-0.05, 0) is 54.7 Å². The quantitative estimate of drug-likeness (QED) is 0.815. The normalized spacial score (nSPS) is 26.4. The molecular weight excluding hydrogens is 364 g/mol. The van der Waals surface area contributed by atoms with E-state index in [1.165, 1.54) is 5.56 Å². The monoisotopic (exact) mass is 394 g/mol. The number of amides is 1. The highest BCUT2D eigenvalue weighted by molar-refractivity contribution is 5.94. The molecule has 29 heavy (non-hydrogen) atoms. The zero-order chi connectivity index (χ0) is 20.4. The van der Waals surface area contributed by atoms with E-state index in [1.54, 1.807) is 18.6 Å². The number of fused-ring (bicyclic) bond motifs is 1. The first kappa shape index (κ1) is 19.8. The first-order chi connectivity index (χ1) is 14.0. The summed E-state index contributed by atoms with van der Waals surface area (Å²) in [4.78, 5) is 23.3. The summed E-state index contributed by atoms with van der Waals surface area (Å²) in [7, 11) is 0. The van der Waals surface area contributed by atoms with Crippen LogP contribution in [0.25, 0.3) is 0 Å². The number of rotatable bonds is 5. The minimum absolute atomic E-state index is 0.0571. The molecule has 0 spiro atoms. The topological polar surface area (TPSA) is 78.4 Å². The average Bonchev–Trinajstić information content (AvgIpc) is 3.11. The fourth-order valence-corrected chi connectivity index (χ4v) is 4.75. The summed E-state index contributed by atoms with van der Waals surface area (Å²) in [5.74, 6) is 2.14. The highest BCUT2D eigenvalue weighted by Gasteiger charge is 2.43. The number of hydrogen-bond donors (Lipinski definition) is 2. The maximum absolute atomic E-state index is 13.0. The molecule has 1 aliphatic heterocycles. The lowest BCUT2D eigenvalue weighted by molar-refractivity contribution is 0.0727. The molecule has 0 unspecified atom stereocenters. The van der Waals surface area contributed by atoms with Crippen LogP contribution < -0.4 is 5.32 Å². The van der Waals surface area contributed by atoms with Crippen LogP contribution in [0.4, 0.5) is 5.82 Å². The number of aliphatic hydroxyl groups excluding tert-OH is 1. The second-order valence-corrected chi connectivity index (χ2v) is 8.91. The minimum Gasteiger partial charge on any atom is -0.391 e. The van der Waals surface area contributed by atoms with Crippen molar-refractivity contribution in [3.8, 4) is 0 Å². The first-order valence-corrected chi connectivity index (χ1v) is 10.6. The van der Waals surface area contributed by atoms with Gasteiger partial charge >= 0.3 is 0 Å². The van der Waals surface area contributed by atoms with Crippen LogP contribution in [0.5, 0.6) is 0 Å². The summed E-state index contributed by atoms with van der Waals surface area (Å²) in [5.41, 5.74) is 2.03. The number of aliphatic hydroxyl groups is 1. The molecule has 4 rings (SSSR count). The Morgan fingerprint density at radius 1 is 1.17 bits per heavy atom.